The van der Waals surface area contributed by atoms with Crippen LogP contribution in [0.3, 0.4) is 0 Å². The van der Waals surface area contributed by atoms with Crippen LogP contribution in [-0.2, 0) is 0 Å². The normalized spacial score (nSPS) is 13.7. The summed E-state index contributed by atoms with van der Waals surface area (Å²) in [4.78, 5) is 0. The molecule has 0 amide bonds. The fourth-order valence-electron chi connectivity index (χ4n) is 2.03. The highest BCUT2D eigenvalue weighted by molar-refractivity contribution is 5.20. The van der Waals surface area contributed by atoms with Crippen LogP contribution in [0.5, 0.6) is 0 Å². The summed E-state index contributed by atoms with van der Waals surface area (Å²) in [5.74, 6) is 0.178. The lowest BCUT2D eigenvalue weighted by molar-refractivity contribution is 0.353. The second-order valence-electron chi connectivity index (χ2n) is 5.94. The van der Waals surface area contributed by atoms with Gasteiger partial charge in [-0.05, 0) is 48.4 Å². The smallest absolute Gasteiger partial charge is 0.123 e. The molecule has 2 N–H and O–H groups in total. The minimum Gasteiger partial charge on any atom is -0.330 e. The van der Waals surface area contributed by atoms with Crippen LogP contribution in [0.15, 0.2) is 24.3 Å². The molecule has 0 bridgehead atoms. The Bertz CT molecular complexity index is 324. The summed E-state index contributed by atoms with van der Waals surface area (Å²) >= 11 is 0. The third-order valence-electron chi connectivity index (χ3n) is 3.11. The van der Waals surface area contributed by atoms with Gasteiger partial charge in [-0.1, -0.05) is 39.3 Å². The lowest BCUT2D eigenvalue weighted by Gasteiger charge is -2.20. The van der Waals surface area contributed by atoms with E-state index in [1.165, 1.54) is 25.0 Å². The first kappa shape index (κ1) is 14.2. The molecule has 0 aliphatic carbocycles. The van der Waals surface area contributed by atoms with Gasteiger partial charge >= 0.3 is 0 Å². The van der Waals surface area contributed by atoms with Crippen molar-refractivity contribution in [1.29, 1.82) is 0 Å². The highest BCUT2D eigenvalue weighted by Crippen LogP contribution is 2.26. The molecule has 1 aromatic carbocycles. The van der Waals surface area contributed by atoms with Gasteiger partial charge in [0.25, 0.3) is 0 Å². The summed E-state index contributed by atoms with van der Waals surface area (Å²) in [5.41, 5.74) is 7.33. The Labute approximate surface area is 104 Å². The Morgan fingerprint density at radius 1 is 1.18 bits per heavy atom. The van der Waals surface area contributed by atoms with Gasteiger partial charge in [-0.3, -0.25) is 0 Å². The van der Waals surface area contributed by atoms with E-state index < -0.39 is 0 Å². The van der Waals surface area contributed by atoms with E-state index in [1.54, 1.807) is 0 Å². The lowest BCUT2D eigenvalue weighted by Crippen LogP contribution is -2.14. The van der Waals surface area contributed by atoms with Crippen molar-refractivity contribution in [3.8, 4) is 0 Å². The van der Waals surface area contributed by atoms with Crippen molar-refractivity contribution in [2.24, 2.45) is 11.1 Å². The molecule has 0 fully saturated rings. The van der Waals surface area contributed by atoms with Crippen LogP contribution < -0.4 is 5.73 Å². The first-order valence-electron chi connectivity index (χ1n) is 6.38. The van der Waals surface area contributed by atoms with Crippen molar-refractivity contribution in [2.75, 3.05) is 6.54 Å². The van der Waals surface area contributed by atoms with Gasteiger partial charge in [-0.15, -0.1) is 0 Å². The van der Waals surface area contributed by atoms with Gasteiger partial charge in [0.15, 0.2) is 0 Å². The van der Waals surface area contributed by atoms with Crippen LogP contribution in [0.1, 0.15) is 51.5 Å². The summed E-state index contributed by atoms with van der Waals surface area (Å²) < 4.78 is 12.8. The van der Waals surface area contributed by atoms with Crippen LogP contribution in [-0.4, -0.2) is 6.54 Å². The topological polar surface area (TPSA) is 26.0 Å². The fraction of sp³-hybridized carbons (Fsp3) is 0.600. The number of benzene rings is 1. The number of nitrogens with two attached hydrogens (primary N) is 1. The van der Waals surface area contributed by atoms with E-state index >= 15 is 0 Å². The first-order chi connectivity index (χ1) is 7.92. The van der Waals surface area contributed by atoms with Gasteiger partial charge in [0.05, 0.1) is 0 Å². The van der Waals surface area contributed by atoms with Crippen molar-refractivity contribution in [3.63, 3.8) is 0 Å². The Hall–Kier alpha value is -0.890. The molecule has 96 valence electrons. The Morgan fingerprint density at radius 3 is 2.24 bits per heavy atom. The number of rotatable bonds is 5. The predicted octanol–water partition coefficient (Wildman–Crippen LogP) is 4.08. The van der Waals surface area contributed by atoms with Crippen molar-refractivity contribution >= 4 is 0 Å². The molecule has 1 unspecified atom stereocenters. The molecule has 1 rings (SSSR count). The van der Waals surface area contributed by atoms with E-state index in [0.29, 0.717) is 17.9 Å². The molecule has 0 radical (unpaired) electrons. The highest BCUT2D eigenvalue weighted by atomic mass is 19.1. The van der Waals surface area contributed by atoms with Crippen molar-refractivity contribution < 1.29 is 4.39 Å². The van der Waals surface area contributed by atoms with Crippen molar-refractivity contribution in [1.82, 2.24) is 0 Å². The average molecular weight is 237 g/mol. The highest BCUT2D eigenvalue weighted by Gasteiger charge is 2.13. The third-order valence-corrected chi connectivity index (χ3v) is 3.11. The Morgan fingerprint density at radius 2 is 1.76 bits per heavy atom. The molecule has 0 aromatic heterocycles. The molecule has 2 heteroatoms. The second kappa shape index (κ2) is 6.15. The van der Waals surface area contributed by atoms with Crippen LogP contribution >= 0.6 is 0 Å². The monoisotopic (exact) mass is 237 g/mol. The zero-order valence-corrected chi connectivity index (χ0v) is 11.2. The molecular weight excluding hydrogens is 213 g/mol. The number of halogens is 1. The Kier molecular flexibility index (Phi) is 5.13. The molecule has 0 aliphatic heterocycles. The largest absolute Gasteiger partial charge is 0.330 e. The summed E-state index contributed by atoms with van der Waals surface area (Å²) in [6, 6.07) is 6.73. The molecule has 0 saturated heterocycles. The molecule has 17 heavy (non-hydrogen) atoms. The SMILES string of the molecule is CC(C)(C)CCCC(CN)c1ccc(F)cc1. The van der Waals surface area contributed by atoms with Crippen LogP contribution in [0.2, 0.25) is 0 Å². The number of hydrogen-bond acceptors (Lipinski definition) is 1. The van der Waals surface area contributed by atoms with E-state index in [2.05, 4.69) is 20.8 Å². The molecule has 0 heterocycles. The molecule has 1 nitrogen and oxygen atoms in total. The van der Waals surface area contributed by atoms with Gasteiger partial charge < -0.3 is 5.73 Å². The van der Waals surface area contributed by atoms with Crippen molar-refractivity contribution in [3.05, 3.63) is 35.6 Å². The van der Waals surface area contributed by atoms with E-state index in [4.69, 9.17) is 5.73 Å². The van der Waals surface area contributed by atoms with Gasteiger partial charge in [0.1, 0.15) is 5.82 Å². The second-order valence-corrected chi connectivity index (χ2v) is 5.94. The van der Waals surface area contributed by atoms with Gasteiger partial charge in [-0.25, -0.2) is 4.39 Å². The van der Waals surface area contributed by atoms with Crippen LogP contribution in [0.25, 0.3) is 0 Å². The summed E-state index contributed by atoms with van der Waals surface area (Å²) in [6.07, 6.45) is 3.45. The predicted molar refractivity (Wildman–Crippen MR) is 71.5 cm³/mol. The molecule has 1 atom stereocenters. The maximum Gasteiger partial charge on any atom is 0.123 e. The average Bonchev–Trinajstić information content (AvgIpc) is 2.24. The lowest BCUT2D eigenvalue weighted by atomic mass is 9.86. The van der Waals surface area contributed by atoms with E-state index in [9.17, 15) is 4.39 Å². The van der Waals surface area contributed by atoms with Gasteiger partial charge in [0.2, 0.25) is 0 Å². The van der Waals surface area contributed by atoms with Gasteiger partial charge in [0, 0.05) is 0 Å². The van der Waals surface area contributed by atoms with Crippen LogP contribution in [0, 0.1) is 11.2 Å². The first-order valence-corrected chi connectivity index (χ1v) is 6.38. The fourth-order valence-corrected chi connectivity index (χ4v) is 2.03. The summed E-state index contributed by atoms with van der Waals surface area (Å²) in [7, 11) is 0. The quantitative estimate of drug-likeness (QED) is 0.820. The Balaban J connectivity index is 2.51. The van der Waals surface area contributed by atoms with Gasteiger partial charge in [-0.2, -0.15) is 0 Å². The number of hydrogen-bond donors (Lipinski definition) is 1. The van der Waals surface area contributed by atoms with Crippen LogP contribution in [0.4, 0.5) is 4.39 Å². The van der Waals surface area contributed by atoms with E-state index in [0.717, 1.165) is 12.0 Å². The standard InChI is InChI=1S/C15H24FN/c1-15(2,3)10-4-5-13(11-17)12-6-8-14(16)9-7-12/h6-9,13H,4-5,10-11,17H2,1-3H3. The van der Waals surface area contributed by atoms with E-state index in [1.807, 2.05) is 12.1 Å². The van der Waals surface area contributed by atoms with E-state index in [-0.39, 0.29) is 5.82 Å². The maximum atomic E-state index is 12.8. The molecule has 0 aliphatic rings. The molecule has 1 aromatic rings. The maximum absolute atomic E-state index is 12.8. The minimum atomic E-state index is -0.181. The third kappa shape index (κ3) is 5.31. The molecular formula is C15H24FN. The zero-order chi connectivity index (χ0) is 12.9. The molecule has 0 spiro atoms. The summed E-state index contributed by atoms with van der Waals surface area (Å²) in [6.45, 7) is 7.39. The van der Waals surface area contributed by atoms with Crippen molar-refractivity contribution in [2.45, 2.75) is 46.0 Å². The molecule has 0 saturated carbocycles. The minimum absolute atomic E-state index is 0.181. The summed E-state index contributed by atoms with van der Waals surface area (Å²) in [5, 5.41) is 0. The zero-order valence-electron chi connectivity index (χ0n) is 11.2.